The highest BCUT2D eigenvalue weighted by molar-refractivity contribution is 8.01. The van der Waals surface area contributed by atoms with Gasteiger partial charge in [0.2, 0.25) is 0 Å². The van der Waals surface area contributed by atoms with E-state index >= 15 is 0 Å². The van der Waals surface area contributed by atoms with Gasteiger partial charge in [0.15, 0.2) is 20.9 Å². The summed E-state index contributed by atoms with van der Waals surface area (Å²) in [5.74, 6) is 0.858. The maximum absolute atomic E-state index is 13.4. The molecule has 0 fully saturated rings. The van der Waals surface area contributed by atoms with Crippen LogP contribution in [0.5, 0.6) is 0 Å². The summed E-state index contributed by atoms with van der Waals surface area (Å²) >= 11 is 4.26. The number of nitrogens with one attached hydrogen (secondary N) is 1. The van der Waals surface area contributed by atoms with Gasteiger partial charge >= 0.3 is 0 Å². The lowest BCUT2D eigenvalue weighted by Crippen LogP contribution is -2.15. The van der Waals surface area contributed by atoms with Crippen molar-refractivity contribution in [1.82, 2.24) is 29.9 Å². The van der Waals surface area contributed by atoms with Gasteiger partial charge in [-0.15, -0.1) is 10.2 Å². The lowest BCUT2D eigenvalue weighted by atomic mass is 10.1. The highest BCUT2D eigenvalue weighted by Gasteiger charge is 2.25. The Morgan fingerprint density at radius 3 is 2.57 bits per heavy atom. The number of fused-ring (bicyclic) bond motifs is 1. The molecule has 3 heterocycles. The fraction of sp³-hybridized carbons (Fsp3) is 0.167. The topological polar surface area (TPSA) is 106 Å². The molecule has 0 aliphatic carbocycles. The lowest BCUT2D eigenvalue weighted by molar-refractivity contribution is -0.118. The van der Waals surface area contributed by atoms with Crippen LogP contribution in [-0.2, 0) is 11.2 Å². The predicted octanol–water partition coefficient (Wildman–Crippen LogP) is 4.72. The Hall–Kier alpha value is -3.28. The van der Waals surface area contributed by atoms with Crippen molar-refractivity contribution in [3.63, 3.8) is 0 Å². The van der Waals surface area contributed by atoms with Crippen LogP contribution in [0.3, 0.4) is 0 Å². The van der Waals surface area contributed by atoms with Crippen LogP contribution in [0, 0.1) is 0 Å². The van der Waals surface area contributed by atoms with Crippen molar-refractivity contribution in [1.29, 1.82) is 0 Å². The lowest BCUT2D eigenvalue weighted by Gasteiger charge is -2.15. The molecule has 176 valence electrons. The standard InChI is InChI=1S/C24H20N6O2S3/c1-2-33-24-29-28-19(34-24)13-18(31)20(15-9-5-3-6-10-15)35-23-26-21-17(22(32)27-23)14-25-30(21)16-11-7-4-8-12-16/h3-12,14,20H,2,13H2,1H3,(H,26,27,32). The zero-order valence-electron chi connectivity index (χ0n) is 18.6. The molecule has 1 atom stereocenters. The van der Waals surface area contributed by atoms with E-state index in [1.54, 1.807) is 16.4 Å². The van der Waals surface area contributed by atoms with Gasteiger partial charge in [-0.1, -0.05) is 90.3 Å². The van der Waals surface area contributed by atoms with Crippen LogP contribution in [0.25, 0.3) is 16.7 Å². The molecule has 5 rings (SSSR count). The molecule has 11 heteroatoms. The number of thioether (sulfide) groups is 2. The van der Waals surface area contributed by atoms with Crippen LogP contribution >= 0.6 is 34.9 Å². The Morgan fingerprint density at radius 2 is 1.83 bits per heavy atom. The van der Waals surface area contributed by atoms with Crippen LogP contribution in [0.2, 0.25) is 0 Å². The molecule has 3 aromatic heterocycles. The third-order valence-corrected chi connectivity index (χ3v) is 8.21. The Labute approximate surface area is 213 Å². The van der Waals surface area contributed by atoms with Gasteiger partial charge in [-0.2, -0.15) is 5.10 Å². The molecule has 0 aliphatic heterocycles. The third-order valence-electron chi connectivity index (χ3n) is 5.08. The fourth-order valence-electron chi connectivity index (χ4n) is 3.50. The number of carbonyl (C=O) groups excluding carboxylic acids is 1. The van der Waals surface area contributed by atoms with Crippen molar-refractivity contribution in [3.8, 4) is 5.69 Å². The SMILES string of the molecule is CCSc1nnc(CC(=O)C(Sc2nc3c(cnn3-c3ccccc3)c(=O)[nH]2)c2ccccc2)s1. The molecule has 2 aromatic carbocycles. The summed E-state index contributed by atoms with van der Waals surface area (Å²) in [7, 11) is 0. The molecule has 8 nitrogen and oxygen atoms in total. The summed E-state index contributed by atoms with van der Waals surface area (Å²) in [6, 6.07) is 19.0. The number of aromatic amines is 1. The van der Waals surface area contributed by atoms with Crippen LogP contribution in [0.15, 0.2) is 81.2 Å². The maximum Gasteiger partial charge on any atom is 0.262 e. The molecule has 1 unspecified atom stereocenters. The van der Waals surface area contributed by atoms with Crippen molar-refractivity contribution in [3.05, 3.63) is 87.8 Å². The summed E-state index contributed by atoms with van der Waals surface area (Å²) in [5.41, 5.74) is 1.76. The molecule has 35 heavy (non-hydrogen) atoms. The molecular formula is C24H20N6O2S3. The van der Waals surface area contributed by atoms with E-state index in [1.165, 1.54) is 29.3 Å². The smallest absolute Gasteiger partial charge is 0.262 e. The highest BCUT2D eigenvalue weighted by atomic mass is 32.2. The van der Waals surface area contributed by atoms with Crippen molar-refractivity contribution < 1.29 is 4.79 Å². The number of Topliss-reactive ketones (excluding diaryl/α,β-unsaturated/α-hetero) is 1. The maximum atomic E-state index is 13.4. The van der Waals surface area contributed by atoms with Crippen LogP contribution in [-0.4, -0.2) is 41.5 Å². The number of benzene rings is 2. The van der Waals surface area contributed by atoms with Crippen molar-refractivity contribution >= 4 is 51.7 Å². The van der Waals surface area contributed by atoms with E-state index in [0.717, 1.165) is 21.3 Å². The van der Waals surface area contributed by atoms with Gasteiger partial charge in [-0.05, 0) is 23.4 Å². The number of ketones is 1. The van der Waals surface area contributed by atoms with Crippen LogP contribution < -0.4 is 5.56 Å². The molecule has 0 aliphatic rings. The van der Waals surface area contributed by atoms with Crippen molar-refractivity contribution in [2.75, 3.05) is 5.75 Å². The number of carbonyl (C=O) groups is 1. The van der Waals surface area contributed by atoms with Gasteiger partial charge in [-0.25, -0.2) is 9.67 Å². The number of aromatic nitrogens is 6. The summed E-state index contributed by atoms with van der Waals surface area (Å²) in [5, 5.41) is 13.5. The van der Waals surface area contributed by atoms with E-state index in [-0.39, 0.29) is 17.8 Å². The van der Waals surface area contributed by atoms with E-state index in [1.807, 2.05) is 67.6 Å². The van der Waals surface area contributed by atoms with Gasteiger partial charge < -0.3 is 4.98 Å². The van der Waals surface area contributed by atoms with E-state index in [4.69, 9.17) is 0 Å². The first kappa shape index (κ1) is 23.5. The van der Waals surface area contributed by atoms with Gasteiger partial charge in [0.25, 0.3) is 5.56 Å². The highest BCUT2D eigenvalue weighted by Crippen LogP contribution is 2.35. The number of hydrogen-bond donors (Lipinski definition) is 1. The second-order valence-electron chi connectivity index (χ2n) is 7.45. The minimum absolute atomic E-state index is 0.0373. The first-order valence-corrected chi connectivity index (χ1v) is 13.5. The van der Waals surface area contributed by atoms with E-state index in [9.17, 15) is 9.59 Å². The van der Waals surface area contributed by atoms with E-state index < -0.39 is 5.25 Å². The van der Waals surface area contributed by atoms with E-state index in [2.05, 4.69) is 25.3 Å². The zero-order chi connectivity index (χ0) is 24.2. The average Bonchev–Trinajstić information content (AvgIpc) is 3.51. The molecule has 0 radical (unpaired) electrons. The first-order valence-electron chi connectivity index (χ1n) is 10.9. The quantitative estimate of drug-likeness (QED) is 0.220. The third kappa shape index (κ3) is 5.21. The summed E-state index contributed by atoms with van der Waals surface area (Å²) in [6.07, 6.45) is 1.66. The Kier molecular flexibility index (Phi) is 7.07. The molecule has 0 spiro atoms. The number of nitrogens with zero attached hydrogens (tertiary/aromatic N) is 5. The minimum Gasteiger partial charge on any atom is -0.301 e. The number of para-hydroxylation sites is 1. The normalized spacial score (nSPS) is 12.1. The summed E-state index contributed by atoms with van der Waals surface area (Å²) in [4.78, 5) is 33.8. The number of H-pyrrole nitrogens is 1. The molecule has 1 N–H and O–H groups in total. The number of hydrogen-bond acceptors (Lipinski definition) is 9. The average molecular weight is 521 g/mol. The van der Waals surface area contributed by atoms with Gasteiger partial charge in [0, 0.05) is 0 Å². The largest absolute Gasteiger partial charge is 0.301 e. The van der Waals surface area contributed by atoms with Crippen LogP contribution in [0.1, 0.15) is 22.7 Å². The molecular weight excluding hydrogens is 501 g/mol. The number of rotatable bonds is 9. The molecule has 5 aromatic rings. The summed E-state index contributed by atoms with van der Waals surface area (Å²) in [6.45, 7) is 2.05. The van der Waals surface area contributed by atoms with Gasteiger partial charge in [0.1, 0.15) is 10.4 Å². The molecule has 0 saturated carbocycles. The predicted molar refractivity (Wildman–Crippen MR) is 140 cm³/mol. The van der Waals surface area contributed by atoms with Crippen molar-refractivity contribution in [2.45, 2.75) is 28.1 Å². The van der Waals surface area contributed by atoms with Crippen molar-refractivity contribution in [2.24, 2.45) is 0 Å². The van der Waals surface area contributed by atoms with Gasteiger partial charge in [-0.3, -0.25) is 9.59 Å². The summed E-state index contributed by atoms with van der Waals surface area (Å²) < 4.78 is 2.48. The Bertz CT molecular complexity index is 1510. The first-order chi connectivity index (χ1) is 17.1. The Balaban J connectivity index is 1.49. The molecule has 0 bridgehead atoms. The van der Waals surface area contributed by atoms with Crippen LogP contribution in [0.4, 0.5) is 0 Å². The second kappa shape index (κ2) is 10.5. The fourth-order valence-corrected chi connectivity index (χ4v) is 6.33. The molecule has 0 saturated heterocycles. The van der Waals surface area contributed by atoms with E-state index in [0.29, 0.717) is 21.2 Å². The second-order valence-corrected chi connectivity index (χ2v) is 11.1. The monoisotopic (exact) mass is 520 g/mol. The zero-order valence-corrected chi connectivity index (χ0v) is 21.1. The van der Waals surface area contributed by atoms with Gasteiger partial charge in [0.05, 0.1) is 23.6 Å². The molecule has 0 amide bonds. The minimum atomic E-state index is -0.573. The Morgan fingerprint density at radius 1 is 1.09 bits per heavy atom.